The molecule has 0 aromatic heterocycles. The smallest absolute Gasteiger partial charge is 0.216 e. The van der Waals surface area contributed by atoms with Gasteiger partial charge in [0.2, 0.25) is 10.0 Å². The van der Waals surface area contributed by atoms with E-state index >= 15 is 0 Å². The van der Waals surface area contributed by atoms with Crippen LogP contribution in [-0.2, 0) is 28.9 Å². The second kappa shape index (κ2) is 8.79. The van der Waals surface area contributed by atoms with Gasteiger partial charge in [-0.2, -0.15) is 0 Å². The van der Waals surface area contributed by atoms with Crippen LogP contribution >= 0.6 is 0 Å². The fraction of sp³-hybridized carbons (Fsp3) is 0.143. The number of hydrogen-bond acceptors (Lipinski definition) is 3. The maximum atomic E-state index is 13.2. The summed E-state index contributed by atoms with van der Waals surface area (Å²) in [6, 6.07) is 22.4. The van der Waals surface area contributed by atoms with Gasteiger partial charge in [0.25, 0.3) is 0 Å². The molecule has 0 unspecified atom stereocenters. The van der Waals surface area contributed by atoms with E-state index in [0.29, 0.717) is 5.75 Å². The summed E-state index contributed by atoms with van der Waals surface area (Å²) < 4.78 is 45.7. The molecule has 0 atom stereocenters. The van der Waals surface area contributed by atoms with E-state index in [0.717, 1.165) is 16.7 Å². The Labute approximate surface area is 158 Å². The van der Waals surface area contributed by atoms with Crippen LogP contribution in [0.5, 0.6) is 5.75 Å². The van der Waals surface area contributed by atoms with Crippen LogP contribution in [0.25, 0.3) is 0 Å². The molecule has 0 saturated carbocycles. The van der Waals surface area contributed by atoms with Gasteiger partial charge in [-0.15, -0.1) is 0 Å². The molecule has 6 heteroatoms. The van der Waals surface area contributed by atoms with Crippen LogP contribution in [0.2, 0.25) is 0 Å². The van der Waals surface area contributed by atoms with Crippen molar-refractivity contribution in [3.05, 3.63) is 101 Å². The van der Waals surface area contributed by atoms with Crippen molar-refractivity contribution in [2.45, 2.75) is 18.9 Å². The van der Waals surface area contributed by atoms with Gasteiger partial charge in [0.15, 0.2) is 0 Å². The highest BCUT2D eigenvalue weighted by atomic mass is 32.2. The van der Waals surface area contributed by atoms with E-state index in [1.54, 1.807) is 48.5 Å². The summed E-state index contributed by atoms with van der Waals surface area (Å²) in [5.41, 5.74) is 2.31. The van der Waals surface area contributed by atoms with Crippen molar-refractivity contribution in [1.29, 1.82) is 0 Å². The van der Waals surface area contributed by atoms with Crippen LogP contribution in [-0.4, -0.2) is 8.42 Å². The van der Waals surface area contributed by atoms with Gasteiger partial charge in [0, 0.05) is 6.54 Å². The lowest BCUT2D eigenvalue weighted by Crippen LogP contribution is -2.24. The van der Waals surface area contributed by atoms with Gasteiger partial charge in [0.1, 0.15) is 18.2 Å². The monoisotopic (exact) mass is 385 g/mol. The number of nitrogens with one attached hydrogen (secondary N) is 1. The van der Waals surface area contributed by atoms with E-state index in [1.165, 1.54) is 12.1 Å². The molecular formula is C21H20FNO3S. The summed E-state index contributed by atoms with van der Waals surface area (Å²) >= 11 is 0. The van der Waals surface area contributed by atoms with Gasteiger partial charge in [-0.3, -0.25) is 0 Å². The second-order valence-electron chi connectivity index (χ2n) is 6.13. The summed E-state index contributed by atoms with van der Waals surface area (Å²) in [5.74, 6) is 0.284. The van der Waals surface area contributed by atoms with Crippen molar-refractivity contribution in [3.8, 4) is 5.75 Å². The van der Waals surface area contributed by atoms with E-state index in [1.807, 2.05) is 18.2 Å². The lowest BCUT2D eigenvalue weighted by molar-refractivity contribution is 0.305. The number of hydrogen-bond donors (Lipinski definition) is 1. The fourth-order valence-electron chi connectivity index (χ4n) is 2.53. The van der Waals surface area contributed by atoms with Crippen molar-refractivity contribution in [3.63, 3.8) is 0 Å². The Kier molecular flexibility index (Phi) is 6.21. The van der Waals surface area contributed by atoms with Gasteiger partial charge in [-0.05, 0) is 41.0 Å². The molecule has 0 aliphatic rings. The molecule has 0 amide bonds. The van der Waals surface area contributed by atoms with Gasteiger partial charge in [-0.25, -0.2) is 17.5 Å². The third-order valence-corrected chi connectivity index (χ3v) is 5.21. The molecule has 4 nitrogen and oxygen atoms in total. The topological polar surface area (TPSA) is 55.4 Å². The molecule has 0 heterocycles. The molecule has 0 bridgehead atoms. The van der Waals surface area contributed by atoms with Crippen molar-refractivity contribution in [2.24, 2.45) is 0 Å². The highest BCUT2D eigenvalue weighted by molar-refractivity contribution is 7.88. The van der Waals surface area contributed by atoms with Gasteiger partial charge in [-0.1, -0.05) is 54.6 Å². The second-order valence-corrected chi connectivity index (χ2v) is 7.94. The normalized spacial score (nSPS) is 11.3. The summed E-state index contributed by atoms with van der Waals surface area (Å²) in [4.78, 5) is 0. The minimum atomic E-state index is -3.41. The Morgan fingerprint density at radius 2 is 1.52 bits per heavy atom. The number of halogens is 1. The zero-order chi connectivity index (χ0) is 19.1. The maximum absolute atomic E-state index is 13.2. The Morgan fingerprint density at radius 3 is 2.22 bits per heavy atom. The molecule has 0 spiro atoms. The van der Waals surface area contributed by atoms with Gasteiger partial charge >= 0.3 is 0 Å². The Hall–Kier alpha value is -2.70. The lowest BCUT2D eigenvalue weighted by atomic mass is 10.2. The van der Waals surface area contributed by atoms with Crippen LogP contribution in [0.1, 0.15) is 16.7 Å². The third-order valence-electron chi connectivity index (χ3n) is 3.91. The first-order valence-electron chi connectivity index (χ1n) is 8.48. The average Bonchev–Trinajstić information content (AvgIpc) is 2.66. The largest absolute Gasteiger partial charge is 0.489 e. The van der Waals surface area contributed by atoms with E-state index < -0.39 is 10.0 Å². The first-order valence-corrected chi connectivity index (χ1v) is 10.1. The van der Waals surface area contributed by atoms with Crippen LogP contribution < -0.4 is 9.46 Å². The molecule has 3 aromatic carbocycles. The first-order chi connectivity index (χ1) is 13.0. The zero-order valence-corrected chi connectivity index (χ0v) is 15.5. The van der Waals surface area contributed by atoms with Crippen molar-refractivity contribution < 1.29 is 17.5 Å². The molecule has 1 N–H and O–H groups in total. The maximum Gasteiger partial charge on any atom is 0.216 e. The van der Waals surface area contributed by atoms with E-state index in [2.05, 4.69) is 4.72 Å². The number of sulfonamides is 1. The molecule has 0 radical (unpaired) electrons. The predicted octanol–water partition coefficient (Wildman–Crippen LogP) is 4.02. The standard InChI is InChI=1S/C21H20FNO3S/c22-20-8-4-7-19(13-20)15-26-21-11-9-17(10-12-21)14-23-27(24,25)16-18-5-2-1-3-6-18/h1-13,23H,14-16H2. The highest BCUT2D eigenvalue weighted by Gasteiger charge is 2.11. The molecule has 27 heavy (non-hydrogen) atoms. The Morgan fingerprint density at radius 1 is 0.815 bits per heavy atom. The zero-order valence-electron chi connectivity index (χ0n) is 14.6. The van der Waals surface area contributed by atoms with Gasteiger partial charge in [0.05, 0.1) is 5.75 Å². The van der Waals surface area contributed by atoms with Crippen molar-refractivity contribution in [1.82, 2.24) is 4.72 Å². The van der Waals surface area contributed by atoms with Crippen LogP contribution in [0.3, 0.4) is 0 Å². The average molecular weight is 385 g/mol. The molecule has 0 aliphatic carbocycles. The molecule has 3 aromatic rings. The molecule has 140 valence electrons. The minimum Gasteiger partial charge on any atom is -0.489 e. The predicted molar refractivity (Wildman–Crippen MR) is 103 cm³/mol. The van der Waals surface area contributed by atoms with E-state index in [-0.39, 0.29) is 24.7 Å². The third kappa shape index (κ3) is 6.20. The Balaban J connectivity index is 1.51. The van der Waals surface area contributed by atoms with E-state index in [4.69, 9.17) is 4.74 Å². The summed E-state index contributed by atoms with van der Waals surface area (Å²) in [5, 5.41) is 0. The summed E-state index contributed by atoms with van der Waals surface area (Å²) in [6.45, 7) is 0.472. The fourth-order valence-corrected chi connectivity index (χ4v) is 3.65. The van der Waals surface area contributed by atoms with Crippen molar-refractivity contribution in [2.75, 3.05) is 0 Å². The number of ether oxygens (including phenoxy) is 1. The van der Waals surface area contributed by atoms with Gasteiger partial charge < -0.3 is 4.74 Å². The molecular weight excluding hydrogens is 365 g/mol. The molecule has 0 saturated heterocycles. The minimum absolute atomic E-state index is 0.0529. The van der Waals surface area contributed by atoms with Crippen molar-refractivity contribution >= 4 is 10.0 Å². The van der Waals surface area contributed by atoms with Crippen LogP contribution in [0, 0.1) is 5.82 Å². The molecule has 0 fully saturated rings. The number of rotatable bonds is 8. The quantitative estimate of drug-likeness (QED) is 0.637. The summed E-state index contributed by atoms with van der Waals surface area (Å²) in [6.07, 6.45) is 0. The molecule has 0 aliphatic heterocycles. The van der Waals surface area contributed by atoms with Crippen LogP contribution in [0.15, 0.2) is 78.9 Å². The Bertz CT molecular complexity index is 974. The van der Waals surface area contributed by atoms with Crippen LogP contribution in [0.4, 0.5) is 4.39 Å². The first kappa shape index (κ1) is 19.1. The van der Waals surface area contributed by atoms with E-state index in [9.17, 15) is 12.8 Å². The SMILES string of the molecule is O=S(=O)(Cc1ccccc1)NCc1ccc(OCc2cccc(F)c2)cc1. The lowest BCUT2D eigenvalue weighted by Gasteiger charge is -2.09. The molecule has 3 rings (SSSR count). The highest BCUT2D eigenvalue weighted by Crippen LogP contribution is 2.15. The number of benzene rings is 3. The summed E-state index contributed by atoms with van der Waals surface area (Å²) in [7, 11) is -3.41.